The van der Waals surface area contributed by atoms with Gasteiger partial charge in [-0.25, -0.2) is 0 Å². The molecule has 3 aromatic carbocycles. The van der Waals surface area contributed by atoms with E-state index in [9.17, 15) is 4.79 Å². The Balaban J connectivity index is 1.72. The summed E-state index contributed by atoms with van der Waals surface area (Å²) < 4.78 is 0. The Bertz CT molecular complexity index is 828. The zero-order valence-corrected chi connectivity index (χ0v) is 14.2. The molecule has 3 heteroatoms. The predicted octanol–water partition coefficient (Wildman–Crippen LogP) is 5.28. The predicted molar refractivity (Wildman–Crippen MR) is 99.1 cm³/mol. The van der Waals surface area contributed by atoms with Gasteiger partial charge >= 0.3 is 0 Å². The average Bonchev–Trinajstić information content (AvgIpc) is 2.63. The highest BCUT2D eigenvalue weighted by molar-refractivity contribution is 6.33. The van der Waals surface area contributed by atoms with Gasteiger partial charge in [0.1, 0.15) is 0 Å². The van der Waals surface area contributed by atoms with E-state index in [1.807, 2.05) is 30.3 Å². The van der Waals surface area contributed by atoms with E-state index in [0.717, 1.165) is 5.56 Å². The molecule has 3 aromatic rings. The molecule has 0 aliphatic rings. The molecule has 0 N–H and O–H groups in total. The van der Waals surface area contributed by atoms with E-state index in [1.165, 1.54) is 11.1 Å². The minimum Gasteiger partial charge on any atom is -0.337 e. The van der Waals surface area contributed by atoms with Crippen molar-refractivity contribution in [1.29, 1.82) is 0 Å². The number of halogens is 1. The number of amides is 1. The van der Waals surface area contributed by atoms with Gasteiger partial charge in [0, 0.05) is 13.6 Å². The van der Waals surface area contributed by atoms with E-state index in [4.69, 9.17) is 11.6 Å². The normalized spacial score (nSPS) is 10.4. The molecule has 0 spiro atoms. The summed E-state index contributed by atoms with van der Waals surface area (Å²) in [5.74, 6) is -0.0762. The van der Waals surface area contributed by atoms with Crippen molar-refractivity contribution in [1.82, 2.24) is 4.90 Å². The fourth-order valence-corrected chi connectivity index (χ4v) is 2.84. The summed E-state index contributed by atoms with van der Waals surface area (Å²) in [4.78, 5) is 14.2. The quantitative estimate of drug-likeness (QED) is 0.635. The van der Waals surface area contributed by atoms with Crippen LogP contribution in [0.2, 0.25) is 5.02 Å². The lowest BCUT2D eigenvalue weighted by Gasteiger charge is -2.18. The molecule has 0 fully saturated rings. The lowest BCUT2D eigenvalue weighted by Crippen LogP contribution is -2.26. The number of hydrogen-bond acceptors (Lipinski definition) is 1. The minimum absolute atomic E-state index is 0.0762. The summed E-state index contributed by atoms with van der Waals surface area (Å²) in [6.45, 7) is 0.541. The third-order valence-electron chi connectivity index (χ3n) is 3.93. The SMILES string of the molecule is CN(Cc1ccc(-c2ccccc2)cc1)C(=O)c1ccccc1Cl. The average molecular weight is 336 g/mol. The standard InChI is InChI=1S/C21H18ClNO/c1-23(21(24)19-9-5-6-10-20(19)22)15-16-11-13-18(14-12-16)17-7-3-2-4-8-17/h2-14H,15H2,1H3. The molecule has 3 rings (SSSR count). The molecule has 24 heavy (non-hydrogen) atoms. The number of hydrogen-bond donors (Lipinski definition) is 0. The van der Waals surface area contributed by atoms with Gasteiger partial charge in [0.05, 0.1) is 10.6 Å². The largest absolute Gasteiger partial charge is 0.337 e. The lowest BCUT2D eigenvalue weighted by molar-refractivity contribution is 0.0785. The molecule has 0 aliphatic heterocycles. The second-order valence-electron chi connectivity index (χ2n) is 5.70. The van der Waals surface area contributed by atoms with E-state index in [1.54, 1.807) is 24.1 Å². The maximum atomic E-state index is 12.5. The van der Waals surface area contributed by atoms with Crippen LogP contribution >= 0.6 is 11.6 Å². The van der Waals surface area contributed by atoms with Crippen LogP contribution in [0.1, 0.15) is 15.9 Å². The maximum absolute atomic E-state index is 12.5. The van der Waals surface area contributed by atoms with E-state index < -0.39 is 0 Å². The number of nitrogens with zero attached hydrogens (tertiary/aromatic N) is 1. The van der Waals surface area contributed by atoms with Gasteiger partial charge in [0.25, 0.3) is 5.91 Å². The van der Waals surface area contributed by atoms with Crippen LogP contribution in [0.3, 0.4) is 0 Å². The number of benzene rings is 3. The van der Waals surface area contributed by atoms with Crippen LogP contribution in [-0.4, -0.2) is 17.9 Å². The zero-order valence-electron chi connectivity index (χ0n) is 13.4. The molecule has 0 atom stereocenters. The summed E-state index contributed by atoms with van der Waals surface area (Å²) in [5, 5.41) is 0.480. The minimum atomic E-state index is -0.0762. The van der Waals surface area contributed by atoms with Gasteiger partial charge in [0.15, 0.2) is 0 Å². The van der Waals surface area contributed by atoms with Crippen LogP contribution in [0, 0.1) is 0 Å². The van der Waals surface area contributed by atoms with E-state index in [2.05, 4.69) is 36.4 Å². The molecular weight excluding hydrogens is 318 g/mol. The van der Waals surface area contributed by atoms with E-state index >= 15 is 0 Å². The Morgan fingerprint density at radius 2 is 1.42 bits per heavy atom. The first-order valence-electron chi connectivity index (χ1n) is 7.79. The van der Waals surface area contributed by atoms with Gasteiger partial charge in [-0.2, -0.15) is 0 Å². The van der Waals surface area contributed by atoms with Crippen molar-refractivity contribution >= 4 is 17.5 Å². The third kappa shape index (κ3) is 3.66. The van der Waals surface area contributed by atoms with Crippen LogP contribution in [0.25, 0.3) is 11.1 Å². The fourth-order valence-electron chi connectivity index (χ4n) is 2.62. The molecule has 2 nitrogen and oxygen atoms in total. The molecule has 0 aliphatic carbocycles. The first-order valence-corrected chi connectivity index (χ1v) is 8.17. The smallest absolute Gasteiger partial charge is 0.255 e. The molecular formula is C21H18ClNO. The highest BCUT2D eigenvalue weighted by Crippen LogP contribution is 2.21. The molecule has 0 radical (unpaired) electrons. The van der Waals surface area contributed by atoms with Gasteiger partial charge < -0.3 is 4.90 Å². The van der Waals surface area contributed by atoms with Gasteiger partial charge in [-0.1, -0.05) is 78.3 Å². The molecule has 0 saturated heterocycles. The first kappa shape index (κ1) is 16.3. The Hall–Kier alpha value is -2.58. The van der Waals surface area contributed by atoms with Gasteiger partial charge in [-0.05, 0) is 28.8 Å². The number of carbonyl (C=O) groups is 1. The third-order valence-corrected chi connectivity index (χ3v) is 4.26. The Kier molecular flexibility index (Phi) is 4.97. The molecule has 0 saturated carbocycles. The van der Waals surface area contributed by atoms with Crippen molar-refractivity contribution < 1.29 is 4.79 Å². The van der Waals surface area contributed by atoms with Gasteiger partial charge in [-0.3, -0.25) is 4.79 Å². The maximum Gasteiger partial charge on any atom is 0.255 e. The second-order valence-corrected chi connectivity index (χ2v) is 6.11. The molecule has 0 aromatic heterocycles. The fraction of sp³-hybridized carbons (Fsp3) is 0.0952. The summed E-state index contributed by atoms with van der Waals surface area (Å²) in [6, 6.07) is 25.6. The Morgan fingerprint density at radius 1 is 0.833 bits per heavy atom. The van der Waals surface area contributed by atoms with Crippen LogP contribution in [0.5, 0.6) is 0 Å². The Morgan fingerprint density at radius 3 is 2.08 bits per heavy atom. The Labute approximate surface area is 147 Å². The van der Waals surface area contributed by atoms with Crippen LogP contribution in [0.4, 0.5) is 0 Å². The summed E-state index contributed by atoms with van der Waals surface area (Å²) in [5.41, 5.74) is 3.96. The highest BCUT2D eigenvalue weighted by atomic mass is 35.5. The summed E-state index contributed by atoms with van der Waals surface area (Å²) in [7, 11) is 1.79. The lowest BCUT2D eigenvalue weighted by atomic mass is 10.0. The van der Waals surface area contributed by atoms with Gasteiger partial charge in [0.2, 0.25) is 0 Å². The molecule has 120 valence electrons. The monoisotopic (exact) mass is 335 g/mol. The molecule has 1 amide bonds. The van der Waals surface area contributed by atoms with E-state index in [0.29, 0.717) is 17.1 Å². The number of rotatable bonds is 4. The highest BCUT2D eigenvalue weighted by Gasteiger charge is 2.14. The summed E-state index contributed by atoms with van der Waals surface area (Å²) in [6.07, 6.45) is 0. The van der Waals surface area contributed by atoms with Gasteiger partial charge in [-0.15, -0.1) is 0 Å². The van der Waals surface area contributed by atoms with Crippen molar-refractivity contribution in [3.63, 3.8) is 0 Å². The molecule has 0 bridgehead atoms. The van der Waals surface area contributed by atoms with E-state index in [-0.39, 0.29) is 5.91 Å². The van der Waals surface area contributed by atoms with Crippen molar-refractivity contribution in [3.8, 4) is 11.1 Å². The van der Waals surface area contributed by atoms with Crippen LogP contribution in [0.15, 0.2) is 78.9 Å². The number of carbonyl (C=O) groups excluding carboxylic acids is 1. The van der Waals surface area contributed by atoms with Crippen molar-refractivity contribution in [2.75, 3.05) is 7.05 Å². The first-order chi connectivity index (χ1) is 11.6. The molecule has 0 unspecified atom stereocenters. The second kappa shape index (κ2) is 7.33. The molecule has 0 heterocycles. The van der Waals surface area contributed by atoms with Crippen LogP contribution in [-0.2, 0) is 6.54 Å². The zero-order chi connectivity index (χ0) is 16.9. The van der Waals surface area contributed by atoms with Crippen molar-refractivity contribution in [2.45, 2.75) is 6.54 Å². The van der Waals surface area contributed by atoms with Crippen molar-refractivity contribution in [3.05, 3.63) is 95.0 Å². The topological polar surface area (TPSA) is 20.3 Å². The van der Waals surface area contributed by atoms with Crippen LogP contribution < -0.4 is 0 Å². The van der Waals surface area contributed by atoms with Crippen molar-refractivity contribution in [2.24, 2.45) is 0 Å². The summed E-state index contributed by atoms with van der Waals surface area (Å²) >= 11 is 6.11.